The summed E-state index contributed by atoms with van der Waals surface area (Å²) >= 11 is 1.74. The monoisotopic (exact) mass is 537 g/mol. The van der Waals surface area contributed by atoms with Gasteiger partial charge >= 0.3 is 0 Å². The molecule has 4 rings (SSSR count). The average molecular weight is 538 g/mol. The molecule has 1 fully saturated rings. The fourth-order valence-corrected chi connectivity index (χ4v) is 6.15. The molecule has 206 valence electrons. The lowest BCUT2D eigenvalue weighted by molar-refractivity contribution is -0.124. The number of imidazole rings is 1. The third-order valence-corrected chi connectivity index (χ3v) is 8.52. The van der Waals surface area contributed by atoms with Crippen molar-refractivity contribution in [1.82, 2.24) is 25.1 Å². The Labute approximate surface area is 231 Å². The van der Waals surface area contributed by atoms with Crippen molar-refractivity contribution in [1.29, 1.82) is 0 Å². The molecular weight excluding hydrogens is 494 g/mol. The molecule has 1 aromatic carbocycles. The second-order valence-corrected chi connectivity index (χ2v) is 12.1. The van der Waals surface area contributed by atoms with Gasteiger partial charge in [0.25, 0.3) is 5.91 Å². The Bertz CT molecular complexity index is 1210. The molecule has 1 aliphatic rings. The van der Waals surface area contributed by atoms with Crippen LogP contribution in [0.15, 0.2) is 35.7 Å². The molecule has 0 unspecified atom stereocenters. The van der Waals surface area contributed by atoms with Crippen molar-refractivity contribution < 1.29 is 9.59 Å². The first kappa shape index (κ1) is 28.3. The average Bonchev–Trinajstić information content (AvgIpc) is 3.53. The number of piperidine rings is 1. The highest BCUT2D eigenvalue weighted by atomic mass is 32.1. The lowest BCUT2D eigenvalue weighted by Gasteiger charge is -2.31. The predicted molar refractivity (Wildman–Crippen MR) is 156 cm³/mol. The number of likely N-dealkylation sites (tertiary alicyclic amines) is 1. The van der Waals surface area contributed by atoms with Gasteiger partial charge in [-0.15, -0.1) is 11.3 Å². The van der Waals surface area contributed by atoms with Gasteiger partial charge in [-0.25, -0.2) is 4.98 Å². The number of rotatable bonds is 11. The Morgan fingerprint density at radius 3 is 2.50 bits per heavy atom. The van der Waals surface area contributed by atoms with E-state index in [2.05, 4.69) is 72.4 Å². The van der Waals surface area contributed by atoms with E-state index >= 15 is 0 Å². The van der Waals surface area contributed by atoms with Crippen molar-refractivity contribution in [3.05, 3.63) is 52.0 Å². The lowest BCUT2D eigenvalue weighted by Crippen LogP contribution is -2.52. The maximum absolute atomic E-state index is 13.4. The Morgan fingerprint density at radius 2 is 1.87 bits per heavy atom. The standard InChI is InChI=1S/C30H43N5O2S/c1-6-23(7-2)35-27-11-10-21(18-25(27)32-28(35)19-24-9-8-16-38-24)29(36)33-26(17-20(3)4)30(37)31-22-12-14-34(5)15-13-22/h8-11,16,18,20,22-23,26H,6-7,12-15,17,19H2,1-5H3,(H,31,37)(H,33,36)/t26-/m0/s1. The molecule has 2 N–H and O–H groups in total. The van der Waals surface area contributed by atoms with Crippen LogP contribution in [0.3, 0.4) is 0 Å². The number of thiophene rings is 1. The molecule has 0 spiro atoms. The first-order valence-electron chi connectivity index (χ1n) is 14.1. The number of aromatic nitrogens is 2. The zero-order valence-electron chi connectivity index (χ0n) is 23.5. The van der Waals surface area contributed by atoms with Gasteiger partial charge in [0, 0.05) is 28.9 Å². The number of amides is 2. The van der Waals surface area contributed by atoms with E-state index in [0.29, 0.717) is 18.0 Å². The number of carbonyl (C=O) groups excluding carboxylic acids is 2. The van der Waals surface area contributed by atoms with Crippen molar-refractivity contribution in [2.24, 2.45) is 5.92 Å². The molecule has 38 heavy (non-hydrogen) atoms. The van der Waals surface area contributed by atoms with Crippen LogP contribution in [0, 0.1) is 5.92 Å². The van der Waals surface area contributed by atoms with E-state index in [0.717, 1.165) is 62.1 Å². The third-order valence-electron chi connectivity index (χ3n) is 7.64. The molecule has 0 radical (unpaired) electrons. The third kappa shape index (κ3) is 6.83. The number of nitrogens with one attached hydrogen (secondary N) is 2. The van der Waals surface area contributed by atoms with Crippen LogP contribution in [-0.2, 0) is 11.2 Å². The normalized spacial score (nSPS) is 15.9. The lowest BCUT2D eigenvalue weighted by atomic mass is 10.0. The van der Waals surface area contributed by atoms with Crippen molar-refractivity contribution in [2.45, 2.75) is 84.3 Å². The minimum absolute atomic E-state index is 0.0843. The Balaban J connectivity index is 1.55. The molecule has 1 saturated heterocycles. The molecule has 7 nitrogen and oxygen atoms in total. The Kier molecular flexibility index (Phi) is 9.60. The second kappa shape index (κ2) is 12.9. The maximum atomic E-state index is 13.4. The van der Waals surface area contributed by atoms with Crippen LogP contribution in [0.1, 0.15) is 86.9 Å². The summed E-state index contributed by atoms with van der Waals surface area (Å²) in [6, 6.07) is 9.94. The van der Waals surface area contributed by atoms with Crippen LogP contribution >= 0.6 is 11.3 Å². The molecule has 2 amide bonds. The minimum atomic E-state index is -0.561. The summed E-state index contributed by atoms with van der Waals surface area (Å²) in [5.74, 6) is 0.998. The predicted octanol–water partition coefficient (Wildman–Crippen LogP) is 5.40. The van der Waals surface area contributed by atoms with E-state index < -0.39 is 6.04 Å². The summed E-state index contributed by atoms with van der Waals surface area (Å²) in [5.41, 5.74) is 2.42. The summed E-state index contributed by atoms with van der Waals surface area (Å²) in [5, 5.41) is 8.32. The molecule has 1 aliphatic heterocycles. The van der Waals surface area contributed by atoms with Crippen LogP contribution in [0.4, 0.5) is 0 Å². The van der Waals surface area contributed by atoms with Gasteiger partial charge in [0.1, 0.15) is 11.9 Å². The van der Waals surface area contributed by atoms with Gasteiger partial charge in [-0.05, 0) is 87.8 Å². The Hall–Kier alpha value is -2.71. The van der Waals surface area contributed by atoms with Crippen molar-refractivity contribution >= 4 is 34.2 Å². The summed E-state index contributed by atoms with van der Waals surface area (Å²) in [6.45, 7) is 10.5. The quantitative estimate of drug-likeness (QED) is 0.343. The number of fused-ring (bicyclic) bond motifs is 1. The smallest absolute Gasteiger partial charge is 0.252 e. The van der Waals surface area contributed by atoms with Gasteiger partial charge < -0.3 is 20.1 Å². The Morgan fingerprint density at radius 1 is 1.13 bits per heavy atom. The van der Waals surface area contributed by atoms with E-state index in [-0.39, 0.29) is 23.8 Å². The molecule has 8 heteroatoms. The highest BCUT2D eigenvalue weighted by Gasteiger charge is 2.27. The van der Waals surface area contributed by atoms with Gasteiger partial charge in [0.15, 0.2) is 0 Å². The number of nitrogens with zero attached hydrogens (tertiary/aromatic N) is 3. The molecule has 2 aromatic heterocycles. The first-order chi connectivity index (χ1) is 18.3. The molecular formula is C30H43N5O2S. The van der Waals surface area contributed by atoms with Crippen molar-refractivity contribution in [3.63, 3.8) is 0 Å². The molecule has 3 heterocycles. The van der Waals surface area contributed by atoms with Gasteiger partial charge in [0.2, 0.25) is 5.91 Å². The molecule has 1 atom stereocenters. The van der Waals surface area contributed by atoms with Crippen LogP contribution in [0.2, 0.25) is 0 Å². The van der Waals surface area contributed by atoms with E-state index in [1.165, 1.54) is 4.88 Å². The van der Waals surface area contributed by atoms with E-state index in [4.69, 9.17) is 4.98 Å². The summed E-state index contributed by atoms with van der Waals surface area (Å²) in [4.78, 5) is 35.1. The number of hydrogen-bond donors (Lipinski definition) is 2. The molecule has 0 bridgehead atoms. The van der Waals surface area contributed by atoms with Gasteiger partial charge in [-0.3, -0.25) is 9.59 Å². The second-order valence-electron chi connectivity index (χ2n) is 11.1. The molecule has 0 saturated carbocycles. The van der Waals surface area contributed by atoms with E-state index in [1.54, 1.807) is 11.3 Å². The van der Waals surface area contributed by atoms with E-state index in [1.807, 2.05) is 18.2 Å². The van der Waals surface area contributed by atoms with Crippen LogP contribution in [0.25, 0.3) is 11.0 Å². The summed E-state index contributed by atoms with van der Waals surface area (Å²) < 4.78 is 2.35. The van der Waals surface area contributed by atoms with Crippen molar-refractivity contribution in [2.75, 3.05) is 20.1 Å². The fourth-order valence-electron chi connectivity index (χ4n) is 5.44. The number of hydrogen-bond acceptors (Lipinski definition) is 5. The van der Waals surface area contributed by atoms with Crippen LogP contribution in [-0.4, -0.2) is 58.5 Å². The molecule has 3 aromatic rings. The highest BCUT2D eigenvalue weighted by molar-refractivity contribution is 7.09. The SMILES string of the molecule is CCC(CC)n1c(Cc2cccs2)nc2cc(C(=O)N[C@@H](CC(C)C)C(=O)NC3CCN(C)CC3)ccc21. The molecule has 0 aliphatic carbocycles. The number of carbonyl (C=O) groups is 2. The topological polar surface area (TPSA) is 79.3 Å². The van der Waals surface area contributed by atoms with Crippen LogP contribution in [0.5, 0.6) is 0 Å². The van der Waals surface area contributed by atoms with Gasteiger partial charge in [-0.2, -0.15) is 0 Å². The van der Waals surface area contributed by atoms with Crippen molar-refractivity contribution in [3.8, 4) is 0 Å². The van der Waals surface area contributed by atoms with Gasteiger partial charge in [0.05, 0.1) is 11.0 Å². The first-order valence-corrected chi connectivity index (χ1v) is 15.0. The minimum Gasteiger partial charge on any atom is -0.351 e. The zero-order chi connectivity index (χ0) is 27.2. The largest absolute Gasteiger partial charge is 0.351 e. The fraction of sp³-hybridized carbons (Fsp3) is 0.567. The number of benzene rings is 1. The van der Waals surface area contributed by atoms with Gasteiger partial charge in [-0.1, -0.05) is 33.8 Å². The summed E-state index contributed by atoms with van der Waals surface area (Å²) in [7, 11) is 2.11. The summed E-state index contributed by atoms with van der Waals surface area (Å²) in [6.07, 6.45) is 5.29. The maximum Gasteiger partial charge on any atom is 0.252 e. The highest BCUT2D eigenvalue weighted by Crippen LogP contribution is 2.28. The van der Waals surface area contributed by atoms with Crippen LogP contribution < -0.4 is 10.6 Å². The zero-order valence-corrected chi connectivity index (χ0v) is 24.3. The van der Waals surface area contributed by atoms with E-state index in [9.17, 15) is 9.59 Å².